The van der Waals surface area contributed by atoms with Gasteiger partial charge >= 0.3 is 11.9 Å². The Balaban J connectivity index is 1.29. The molecule has 3 saturated heterocycles. The zero-order valence-electron chi connectivity index (χ0n) is 30.3. The van der Waals surface area contributed by atoms with Gasteiger partial charge in [0.2, 0.25) is 17.7 Å². The summed E-state index contributed by atoms with van der Waals surface area (Å²) >= 11 is 1.68. The SMILES string of the molecule is COC(=O)CCN1CCCC[C@H](NC(=O)[C@H](CC[C@@H](CNC2CCSC3CCCC(C(=O)O)N3C2=O)Cc2ccccc2)Cc2ccccc2)C1=O. The number of amides is 3. The molecule has 3 N–H and O–H groups in total. The highest BCUT2D eigenvalue weighted by Crippen LogP contribution is 2.34. The summed E-state index contributed by atoms with van der Waals surface area (Å²) in [5.41, 5.74) is 2.21. The first kappa shape index (κ1) is 39.3. The van der Waals surface area contributed by atoms with Crippen molar-refractivity contribution in [3.63, 3.8) is 0 Å². The first-order chi connectivity index (χ1) is 25.2. The zero-order valence-corrected chi connectivity index (χ0v) is 31.1. The number of rotatable bonds is 16. The monoisotopic (exact) mass is 734 g/mol. The highest BCUT2D eigenvalue weighted by molar-refractivity contribution is 7.99. The number of hydrogen-bond acceptors (Lipinski definition) is 8. The minimum Gasteiger partial charge on any atom is -0.480 e. The van der Waals surface area contributed by atoms with Crippen LogP contribution in [0.4, 0.5) is 0 Å². The van der Waals surface area contributed by atoms with Crippen LogP contribution in [0.3, 0.4) is 0 Å². The van der Waals surface area contributed by atoms with Crippen molar-refractivity contribution in [3.8, 4) is 0 Å². The molecule has 2 aromatic carbocycles. The molecule has 0 radical (unpaired) electrons. The average Bonchev–Trinajstić information content (AvgIpc) is 3.43. The van der Waals surface area contributed by atoms with Crippen molar-refractivity contribution >= 4 is 41.4 Å². The molecular formula is C40H54N4O7S. The fourth-order valence-electron chi connectivity index (χ4n) is 7.75. The molecule has 0 spiro atoms. The van der Waals surface area contributed by atoms with Crippen LogP contribution >= 0.6 is 11.8 Å². The van der Waals surface area contributed by atoms with E-state index in [9.17, 15) is 29.1 Å². The number of aliphatic carboxylic acids is 1. The third kappa shape index (κ3) is 11.1. The Morgan fingerprint density at radius 1 is 0.865 bits per heavy atom. The lowest BCUT2D eigenvalue weighted by Crippen LogP contribution is -2.56. The van der Waals surface area contributed by atoms with Crippen molar-refractivity contribution in [3.05, 3.63) is 71.8 Å². The first-order valence-electron chi connectivity index (χ1n) is 18.9. The number of carbonyl (C=O) groups is 5. The summed E-state index contributed by atoms with van der Waals surface area (Å²) in [5, 5.41) is 16.5. The number of benzene rings is 2. The van der Waals surface area contributed by atoms with Crippen molar-refractivity contribution in [1.29, 1.82) is 0 Å². The van der Waals surface area contributed by atoms with E-state index in [0.29, 0.717) is 51.6 Å². The normalized spacial score (nSPS) is 23.5. The number of likely N-dealkylation sites (tertiary alicyclic amines) is 1. The van der Waals surface area contributed by atoms with Crippen molar-refractivity contribution in [2.45, 2.75) is 101 Å². The average molecular weight is 735 g/mol. The number of nitrogens with zero attached hydrogens (tertiary/aromatic N) is 2. The molecule has 0 saturated carbocycles. The van der Waals surface area contributed by atoms with E-state index in [1.54, 1.807) is 21.6 Å². The first-order valence-corrected chi connectivity index (χ1v) is 19.9. The van der Waals surface area contributed by atoms with Crippen LogP contribution < -0.4 is 10.6 Å². The lowest BCUT2D eigenvalue weighted by molar-refractivity contribution is -0.153. The van der Waals surface area contributed by atoms with Crippen LogP contribution in [0.2, 0.25) is 0 Å². The number of ether oxygens (including phenoxy) is 1. The molecule has 3 aliphatic heterocycles. The Hall–Kier alpha value is -3.90. The highest BCUT2D eigenvalue weighted by Gasteiger charge is 2.42. The van der Waals surface area contributed by atoms with Gasteiger partial charge in [0.05, 0.1) is 24.9 Å². The molecule has 282 valence electrons. The predicted octanol–water partition coefficient (Wildman–Crippen LogP) is 4.43. The summed E-state index contributed by atoms with van der Waals surface area (Å²) in [5.74, 6) is -1.28. The van der Waals surface area contributed by atoms with Gasteiger partial charge in [-0.2, -0.15) is 0 Å². The summed E-state index contributed by atoms with van der Waals surface area (Å²) in [6.07, 6.45) is 7.54. The Kier molecular flexibility index (Phi) is 15.0. The largest absolute Gasteiger partial charge is 0.480 e. The molecule has 3 aliphatic rings. The molecule has 0 aliphatic carbocycles. The topological polar surface area (TPSA) is 145 Å². The quantitative estimate of drug-likeness (QED) is 0.213. The fourth-order valence-corrected chi connectivity index (χ4v) is 9.14. The zero-order chi connectivity index (χ0) is 36.9. The van der Waals surface area contributed by atoms with Crippen LogP contribution in [0.15, 0.2) is 60.7 Å². The lowest BCUT2D eigenvalue weighted by atomic mass is 9.87. The number of carbonyl (C=O) groups excluding carboxylic acids is 4. The van der Waals surface area contributed by atoms with E-state index in [-0.39, 0.29) is 53.9 Å². The van der Waals surface area contributed by atoms with Gasteiger partial charge in [-0.05, 0) is 100.0 Å². The number of fused-ring (bicyclic) bond motifs is 1. The number of carboxylic acids is 1. The summed E-state index contributed by atoms with van der Waals surface area (Å²) in [6, 6.07) is 18.2. The van der Waals surface area contributed by atoms with Gasteiger partial charge in [-0.3, -0.25) is 19.2 Å². The van der Waals surface area contributed by atoms with Gasteiger partial charge in [-0.25, -0.2) is 4.79 Å². The minimum absolute atomic E-state index is 0.0953. The molecule has 5 rings (SSSR count). The van der Waals surface area contributed by atoms with E-state index in [1.807, 2.05) is 48.5 Å². The number of hydrogen-bond donors (Lipinski definition) is 3. The molecule has 0 aromatic heterocycles. The number of piperidine rings is 1. The van der Waals surface area contributed by atoms with Gasteiger partial charge in [-0.15, -0.1) is 11.8 Å². The molecule has 3 heterocycles. The summed E-state index contributed by atoms with van der Waals surface area (Å²) < 4.78 is 4.77. The molecule has 12 heteroatoms. The molecule has 3 fully saturated rings. The van der Waals surface area contributed by atoms with Crippen LogP contribution in [0, 0.1) is 11.8 Å². The molecular weight excluding hydrogens is 681 g/mol. The van der Waals surface area contributed by atoms with Gasteiger partial charge in [0.15, 0.2) is 0 Å². The molecule has 3 amide bonds. The Morgan fingerprint density at radius 2 is 1.58 bits per heavy atom. The van der Waals surface area contributed by atoms with E-state index >= 15 is 0 Å². The van der Waals surface area contributed by atoms with E-state index in [2.05, 4.69) is 22.8 Å². The molecule has 0 bridgehead atoms. The van der Waals surface area contributed by atoms with Crippen molar-refractivity contribution in [2.24, 2.45) is 11.8 Å². The summed E-state index contributed by atoms with van der Waals surface area (Å²) in [6.45, 7) is 1.35. The van der Waals surface area contributed by atoms with Crippen LogP contribution in [0.25, 0.3) is 0 Å². The smallest absolute Gasteiger partial charge is 0.326 e. The van der Waals surface area contributed by atoms with Crippen LogP contribution in [0.5, 0.6) is 0 Å². The number of carboxylic acid groups (broad SMARTS) is 1. The van der Waals surface area contributed by atoms with Gasteiger partial charge in [0.25, 0.3) is 0 Å². The maximum atomic E-state index is 14.1. The van der Waals surface area contributed by atoms with Crippen molar-refractivity contribution in [2.75, 3.05) is 32.5 Å². The van der Waals surface area contributed by atoms with E-state index in [0.717, 1.165) is 43.4 Å². The standard InChI is InChI=1S/C40H54N4O7S/c1-51-36(45)20-23-43-22-9-8-15-33(38(43)47)42-37(46)31(26-29-13-6-3-7-14-29)19-18-30(25-28-11-4-2-5-12-28)27-41-32-21-24-52-35-17-10-16-34(40(49)50)44(35)39(32)48/h2-7,11-14,30-35,41H,8-10,15-27H2,1H3,(H,42,46)(H,49,50)/t30-,31-,32?,33+,34?,35?/m1/s1. The number of methoxy groups -OCH3 is 1. The van der Waals surface area contributed by atoms with Gasteiger partial charge in [0, 0.05) is 19.0 Å². The van der Waals surface area contributed by atoms with Crippen LogP contribution in [0.1, 0.15) is 75.3 Å². The number of thioether (sulfide) groups is 1. The maximum absolute atomic E-state index is 14.1. The second kappa shape index (κ2) is 19.8. The molecule has 3 unspecified atom stereocenters. The van der Waals surface area contributed by atoms with Crippen molar-refractivity contribution in [1.82, 2.24) is 20.4 Å². The third-order valence-corrected chi connectivity index (χ3v) is 12.0. The van der Waals surface area contributed by atoms with Gasteiger partial charge in [0.1, 0.15) is 12.1 Å². The maximum Gasteiger partial charge on any atom is 0.326 e. The van der Waals surface area contributed by atoms with Gasteiger partial charge in [-0.1, -0.05) is 60.7 Å². The van der Waals surface area contributed by atoms with E-state index < -0.39 is 24.1 Å². The second-order valence-electron chi connectivity index (χ2n) is 14.3. The Morgan fingerprint density at radius 3 is 2.27 bits per heavy atom. The lowest BCUT2D eigenvalue weighted by Gasteiger charge is -2.39. The predicted molar refractivity (Wildman–Crippen MR) is 200 cm³/mol. The molecule has 6 atom stereocenters. The van der Waals surface area contributed by atoms with Crippen LogP contribution in [-0.4, -0.2) is 101 Å². The molecule has 52 heavy (non-hydrogen) atoms. The highest BCUT2D eigenvalue weighted by atomic mass is 32.2. The second-order valence-corrected chi connectivity index (χ2v) is 15.6. The Bertz CT molecular complexity index is 1500. The summed E-state index contributed by atoms with van der Waals surface area (Å²) in [4.78, 5) is 68.7. The molecule has 2 aromatic rings. The third-order valence-electron chi connectivity index (χ3n) is 10.7. The van der Waals surface area contributed by atoms with Gasteiger partial charge < -0.3 is 30.3 Å². The minimum atomic E-state index is -0.941. The number of esters is 1. The van der Waals surface area contributed by atoms with E-state index in [4.69, 9.17) is 4.74 Å². The van der Waals surface area contributed by atoms with Crippen LogP contribution in [-0.2, 0) is 41.6 Å². The molecule has 11 nitrogen and oxygen atoms in total. The summed E-state index contributed by atoms with van der Waals surface area (Å²) in [7, 11) is 1.33. The number of nitrogens with one attached hydrogen (secondary N) is 2. The fraction of sp³-hybridized carbons (Fsp3) is 0.575. The van der Waals surface area contributed by atoms with E-state index in [1.165, 1.54) is 12.7 Å². The van der Waals surface area contributed by atoms with Crippen molar-refractivity contribution < 1.29 is 33.8 Å². The Labute approximate surface area is 311 Å².